The molecule has 0 saturated carbocycles. The number of nitrogens with zero attached hydrogens (tertiary/aromatic N) is 3. The number of carbonyl (C=O) groups excluding carboxylic acids is 1. The molecule has 144 valence electrons. The molecule has 0 spiro atoms. The average molecular weight is 400 g/mol. The number of methoxy groups -OCH3 is 1. The maximum atomic E-state index is 12.7. The van der Waals surface area contributed by atoms with E-state index in [1.165, 1.54) is 23.2 Å². The van der Waals surface area contributed by atoms with Crippen molar-refractivity contribution in [2.45, 2.75) is 49.5 Å². The van der Waals surface area contributed by atoms with Gasteiger partial charge in [-0.2, -0.15) is 4.31 Å². The highest BCUT2D eigenvalue weighted by molar-refractivity contribution is 8.00. The number of imidazole rings is 1. The predicted molar refractivity (Wildman–Crippen MR) is 103 cm³/mol. The predicted octanol–water partition coefficient (Wildman–Crippen LogP) is 2.74. The molecule has 0 unspecified atom stereocenters. The second-order valence-corrected chi connectivity index (χ2v) is 8.91. The van der Waals surface area contributed by atoms with Gasteiger partial charge in [-0.3, -0.25) is 4.79 Å². The van der Waals surface area contributed by atoms with E-state index in [4.69, 9.17) is 4.74 Å². The van der Waals surface area contributed by atoms with Crippen LogP contribution in [0.5, 0.6) is 0 Å². The number of ether oxygens (including phenoxy) is 1. The monoisotopic (exact) mass is 399 g/mol. The van der Waals surface area contributed by atoms with Crippen LogP contribution in [0.4, 0.5) is 0 Å². The molecule has 1 atom stereocenters. The van der Waals surface area contributed by atoms with Crippen LogP contribution < -0.4 is 0 Å². The van der Waals surface area contributed by atoms with E-state index in [0.717, 1.165) is 5.52 Å². The Morgan fingerprint density at radius 1 is 1.31 bits per heavy atom. The SMILES string of the molecule is CCN(CC)S(=O)(=O)c1ccc2c(c1)nc(S[C@H](C)C(=O)OC)n2CC. The van der Waals surface area contributed by atoms with Crippen LogP contribution in [0.15, 0.2) is 28.3 Å². The van der Waals surface area contributed by atoms with E-state index in [-0.39, 0.29) is 10.9 Å². The Morgan fingerprint density at radius 2 is 1.96 bits per heavy atom. The Labute approximate surface area is 158 Å². The minimum Gasteiger partial charge on any atom is -0.468 e. The second kappa shape index (κ2) is 8.41. The molecule has 7 nitrogen and oxygen atoms in total. The van der Waals surface area contributed by atoms with Crippen LogP contribution >= 0.6 is 11.8 Å². The lowest BCUT2D eigenvalue weighted by molar-refractivity contribution is -0.139. The van der Waals surface area contributed by atoms with Crippen molar-refractivity contribution in [3.05, 3.63) is 18.2 Å². The molecule has 0 aliphatic heterocycles. The van der Waals surface area contributed by atoms with Crippen LogP contribution in [0.1, 0.15) is 27.7 Å². The van der Waals surface area contributed by atoms with Crippen molar-refractivity contribution < 1.29 is 17.9 Å². The molecular weight excluding hydrogens is 374 g/mol. The lowest BCUT2D eigenvalue weighted by Crippen LogP contribution is -2.30. The number of carbonyl (C=O) groups is 1. The fourth-order valence-corrected chi connectivity index (χ4v) is 5.22. The van der Waals surface area contributed by atoms with Gasteiger partial charge in [0.15, 0.2) is 5.16 Å². The molecule has 0 saturated heterocycles. The van der Waals surface area contributed by atoms with Crippen LogP contribution in [0.25, 0.3) is 11.0 Å². The first-order valence-electron chi connectivity index (χ1n) is 8.54. The third-order valence-corrected chi connectivity index (χ3v) is 7.27. The second-order valence-electron chi connectivity index (χ2n) is 5.66. The molecule has 0 fully saturated rings. The molecule has 1 aromatic carbocycles. The third-order valence-electron chi connectivity index (χ3n) is 4.16. The van der Waals surface area contributed by atoms with Gasteiger partial charge in [0.2, 0.25) is 10.0 Å². The summed E-state index contributed by atoms with van der Waals surface area (Å²) < 4.78 is 33.6. The molecule has 1 heterocycles. The number of aromatic nitrogens is 2. The van der Waals surface area contributed by atoms with E-state index in [9.17, 15) is 13.2 Å². The van der Waals surface area contributed by atoms with Gasteiger partial charge in [0, 0.05) is 19.6 Å². The third kappa shape index (κ3) is 3.89. The zero-order valence-electron chi connectivity index (χ0n) is 15.7. The quantitative estimate of drug-likeness (QED) is 0.501. The molecule has 26 heavy (non-hydrogen) atoms. The molecule has 0 amide bonds. The molecule has 0 radical (unpaired) electrons. The maximum Gasteiger partial charge on any atom is 0.318 e. The number of hydrogen-bond donors (Lipinski definition) is 0. The Morgan fingerprint density at radius 3 is 2.50 bits per heavy atom. The zero-order chi connectivity index (χ0) is 19.5. The van der Waals surface area contributed by atoms with Gasteiger partial charge < -0.3 is 9.30 Å². The standard InChI is InChI=1S/C17H25N3O4S2/c1-6-19(7-2)26(22,23)13-9-10-15-14(11-13)18-17(20(15)8-3)25-12(4)16(21)24-5/h9-12H,6-8H2,1-5H3/t12-/m1/s1. The van der Waals surface area contributed by atoms with Crippen molar-refractivity contribution in [1.29, 1.82) is 0 Å². The van der Waals surface area contributed by atoms with E-state index in [0.29, 0.717) is 30.3 Å². The molecular formula is C17H25N3O4S2. The highest BCUT2D eigenvalue weighted by Crippen LogP contribution is 2.29. The van der Waals surface area contributed by atoms with Gasteiger partial charge in [-0.15, -0.1) is 0 Å². The summed E-state index contributed by atoms with van der Waals surface area (Å²) in [5.74, 6) is -0.325. The number of hydrogen-bond acceptors (Lipinski definition) is 6. The Hall–Kier alpha value is -1.58. The number of aryl methyl sites for hydroxylation is 1. The molecule has 0 bridgehead atoms. The fraction of sp³-hybridized carbons (Fsp3) is 0.529. The van der Waals surface area contributed by atoms with E-state index < -0.39 is 15.3 Å². The van der Waals surface area contributed by atoms with Crippen LogP contribution in [0, 0.1) is 0 Å². The first-order valence-corrected chi connectivity index (χ1v) is 10.9. The largest absolute Gasteiger partial charge is 0.468 e. The number of rotatable bonds is 8. The van der Waals surface area contributed by atoms with Crippen molar-refractivity contribution in [1.82, 2.24) is 13.9 Å². The average Bonchev–Trinajstić information content (AvgIpc) is 2.97. The molecule has 9 heteroatoms. The van der Waals surface area contributed by atoms with Crippen molar-refractivity contribution in [2.75, 3.05) is 20.2 Å². The normalized spacial score (nSPS) is 13.3. The van der Waals surface area contributed by atoms with Crippen molar-refractivity contribution in [3.63, 3.8) is 0 Å². The summed E-state index contributed by atoms with van der Waals surface area (Å²) in [6.45, 7) is 8.86. The van der Waals surface area contributed by atoms with Gasteiger partial charge >= 0.3 is 5.97 Å². The number of thioether (sulfide) groups is 1. The Balaban J connectivity index is 2.49. The molecule has 0 aliphatic carbocycles. The number of fused-ring (bicyclic) bond motifs is 1. The van der Waals surface area contributed by atoms with Gasteiger partial charge in [-0.1, -0.05) is 25.6 Å². The molecule has 0 N–H and O–H groups in total. The number of benzene rings is 1. The van der Waals surface area contributed by atoms with Crippen LogP contribution in [-0.4, -0.2) is 53.7 Å². The molecule has 0 aliphatic rings. The highest BCUT2D eigenvalue weighted by atomic mass is 32.2. The van der Waals surface area contributed by atoms with Gasteiger partial charge in [0.25, 0.3) is 0 Å². The van der Waals surface area contributed by atoms with E-state index >= 15 is 0 Å². The summed E-state index contributed by atoms with van der Waals surface area (Å²) in [4.78, 5) is 16.5. The van der Waals surface area contributed by atoms with Gasteiger partial charge in [0.05, 0.1) is 23.0 Å². The summed E-state index contributed by atoms with van der Waals surface area (Å²) in [5.41, 5.74) is 1.44. The lowest BCUT2D eigenvalue weighted by Gasteiger charge is -2.18. The topological polar surface area (TPSA) is 81.5 Å². The fourth-order valence-electron chi connectivity index (χ4n) is 2.73. The highest BCUT2D eigenvalue weighted by Gasteiger charge is 2.24. The van der Waals surface area contributed by atoms with Gasteiger partial charge in [-0.25, -0.2) is 13.4 Å². The summed E-state index contributed by atoms with van der Waals surface area (Å²) in [6.07, 6.45) is 0. The van der Waals surface area contributed by atoms with E-state index in [1.807, 2.05) is 25.3 Å². The summed E-state index contributed by atoms with van der Waals surface area (Å²) in [7, 11) is -2.19. The minimum atomic E-state index is -3.54. The minimum absolute atomic E-state index is 0.229. The summed E-state index contributed by atoms with van der Waals surface area (Å²) in [6, 6.07) is 4.99. The molecule has 2 aromatic rings. The zero-order valence-corrected chi connectivity index (χ0v) is 17.4. The van der Waals surface area contributed by atoms with Crippen molar-refractivity contribution >= 4 is 38.8 Å². The smallest absolute Gasteiger partial charge is 0.318 e. The van der Waals surface area contributed by atoms with Gasteiger partial charge in [-0.05, 0) is 32.0 Å². The summed E-state index contributed by atoms with van der Waals surface area (Å²) in [5, 5.41) is 0.263. The maximum absolute atomic E-state index is 12.7. The van der Waals surface area contributed by atoms with Crippen molar-refractivity contribution in [2.24, 2.45) is 0 Å². The molecule has 2 rings (SSSR count). The number of sulfonamides is 1. The van der Waals surface area contributed by atoms with Gasteiger partial charge in [0.1, 0.15) is 5.25 Å². The Bertz CT molecular complexity index is 889. The first-order chi connectivity index (χ1) is 12.3. The van der Waals surface area contributed by atoms with Crippen LogP contribution in [0.3, 0.4) is 0 Å². The first kappa shape index (κ1) is 20.7. The molecule has 1 aromatic heterocycles. The van der Waals surface area contributed by atoms with Crippen LogP contribution in [-0.2, 0) is 26.1 Å². The summed E-state index contributed by atoms with van der Waals surface area (Å²) >= 11 is 1.30. The lowest BCUT2D eigenvalue weighted by atomic mass is 10.3. The van der Waals surface area contributed by atoms with Crippen LogP contribution in [0.2, 0.25) is 0 Å². The number of esters is 1. The van der Waals surface area contributed by atoms with E-state index in [1.54, 1.807) is 25.1 Å². The Kier molecular flexibility index (Phi) is 6.70. The van der Waals surface area contributed by atoms with E-state index in [2.05, 4.69) is 4.98 Å². The van der Waals surface area contributed by atoms with Crippen molar-refractivity contribution in [3.8, 4) is 0 Å².